The van der Waals surface area contributed by atoms with Gasteiger partial charge in [0.2, 0.25) is 0 Å². The number of esters is 2. The van der Waals surface area contributed by atoms with Crippen molar-refractivity contribution >= 4 is 130 Å². The van der Waals surface area contributed by atoms with Crippen LogP contribution in [0.3, 0.4) is 0 Å². The van der Waals surface area contributed by atoms with E-state index in [2.05, 4.69) is 55.5 Å². The molecule has 0 unspecified atom stereocenters. The Labute approximate surface area is 498 Å². The molecule has 0 saturated carbocycles. The van der Waals surface area contributed by atoms with Crippen LogP contribution in [0.2, 0.25) is 5.02 Å². The molecule has 0 spiro atoms. The predicted molar refractivity (Wildman–Crippen MR) is 346 cm³/mol. The summed E-state index contributed by atoms with van der Waals surface area (Å²) < 4.78 is 32.5. The van der Waals surface area contributed by atoms with Crippen LogP contribution < -0.4 is 30.5 Å². The van der Waals surface area contributed by atoms with Crippen molar-refractivity contribution in [2.75, 3.05) is 33.0 Å². The maximum Gasteiger partial charge on any atom is 0.344 e. The fraction of sp³-hybridized carbons (Fsp3) is 0.209. The number of ether oxygens (including phenoxy) is 5. The van der Waals surface area contributed by atoms with Gasteiger partial charge in [0.25, 0.3) is 0 Å². The van der Waals surface area contributed by atoms with Crippen LogP contribution in [0.15, 0.2) is 194 Å². The molecule has 0 saturated heterocycles. The topological polar surface area (TPSA) is 132 Å². The number of halogens is 1. The normalized spacial score (nSPS) is 11.0. The van der Waals surface area contributed by atoms with Crippen LogP contribution in [0.25, 0.3) is 60.5 Å². The van der Waals surface area contributed by atoms with Gasteiger partial charge in [0.1, 0.15) is 17.2 Å². The number of unbranched alkanes of at least 4 members (excludes halogenated alkanes) is 1. The monoisotopic (exact) mass is 1190 g/mol. The standard InChI is InChI=1S/C34H26O8S2.C16H13ClO2S.C13H10S.4CH4/c35-29(19-41-25-13-7-11-23-31(37)21-9-1-3-15-27(21)43-33(23)25)39-17-5-6-18-40-30(36)20-42-26-14-8-12-24-32(38)22-10-2-4-16-28(22)44-34(24)26;1-2-9-19-12-8-7-11(17)14-15(18)10-5-3-4-6-13(10)20-16(12)14;1-3-7-12-10(5-1)9-11-6-2-4-8-13(11)14-12;;;;/h1-4,7-16H,5-6,17-20H2;3-8H,2,9H2,1H3;1-8H,9H2;4*1H4. The Bertz CT molecular complexity index is 3970. The van der Waals surface area contributed by atoms with Crippen molar-refractivity contribution in [1.82, 2.24) is 0 Å². The summed E-state index contributed by atoms with van der Waals surface area (Å²) in [4.78, 5) is 65.6. The molecule has 10 nitrogen and oxygen atoms in total. The van der Waals surface area contributed by atoms with Crippen molar-refractivity contribution < 1.29 is 33.3 Å². The van der Waals surface area contributed by atoms with Gasteiger partial charge < -0.3 is 23.7 Å². The summed E-state index contributed by atoms with van der Waals surface area (Å²) >= 11 is 12.5. The van der Waals surface area contributed by atoms with Crippen molar-refractivity contribution in [2.24, 2.45) is 0 Å². The molecule has 82 heavy (non-hydrogen) atoms. The third-order valence-corrected chi connectivity index (χ3v) is 17.7. The molecule has 3 aromatic heterocycles. The second-order valence-corrected chi connectivity index (χ2v) is 22.5. The predicted octanol–water partition coefficient (Wildman–Crippen LogP) is 17.6. The highest BCUT2D eigenvalue weighted by atomic mass is 35.5. The molecule has 0 bridgehead atoms. The molecule has 12 rings (SSSR count). The Hall–Kier alpha value is -7.59. The Morgan fingerprint density at radius 1 is 0.439 bits per heavy atom. The van der Waals surface area contributed by atoms with E-state index in [4.69, 9.17) is 35.3 Å². The molecule has 0 aliphatic carbocycles. The minimum Gasteiger partial charge on any atom is -0.492 e. The molecule has 0 radical (unpaired) electrons. The van der Waals surface area contributed by atoms with Crippen molar-refractivity contribution in [3.05, 3.63) is 217 Å². The number of carbonyl (C=O) groups is 2. The molecule has 8 aromatic carbocycles. The molecule has 11 aromatic rings. The number of benzene rings is 8. The zero-order chi connectivity index (χ0) is 54.0. The van der Waals surface area contributed by atoms with Gasteiger partial charge in [0.05, 0.1) is 44.3 Å². The third-order valence-electron chi connectivity index (χ3n) is 12.5. The van der Waals surface area contributed by atoms with E-state index in [1.165, 1.54) is 43.6 Å². The van der Waals surface area contributed by atoms with E-state index in [0.717, 1.165) is 37.4 Å². The Balaban J connectivity index is 0.000000234. The SMILES string of the molecule is C.C.C.C.CCCOc1ccc(Cl)c2c(=O)c3ccccc3sc12.O=C(COc1cccc2c(=O)c3ccccc3sc12)OCCCCOC(=O)COc1cccc2c(=O)c3ccccc3sc12.c1ccc2c(c1)Cc1ccccc1S2. The second-order valence-electron chi connectivity index (χ2n) is 17.9. The molecule has 424 valence electrons. The Morgan fingerprint density at radius 2 is 0.841 bits per heavy atom. The van der Waals surface area contributed by atoms with E-state index in [-0.39, 0.29) is 72.4 Å². The van der Waals surface area contributed by atoms with E-state index in [1.54, 1.807) is 65.9 Å². The highest BCUT2D eigenvalue weighted by Gasteiger charge is 2.17. The van der Waals surface area contributed by atoms with Gasteiger partial charge in [0, 0.05) is 50.8 Å². The third kappa shape index (κ3) is 14.5. The zero-order valence-corrected chi connectivity index (χ0v) is 46.1. The highest BCUT2D eigenvalue weighted by Crippen LogP contribution is 2.40. The van der Waals surface area contributed by atoms with Crippen molar-refractivity contribution in [3.8, 4) is 17.2 Å². The van der Waals surface area contributed by atoms with Crippen LogP contribution >= 0.6 is 57.4 Å². The molecular formula is C67H65ClO10S4. The number of fused-ring (bicyclic) bond motifs is 8. The van der Waals surface area contributed by atoms with Gasteiger partial charge >= 0.3 is 11.9 Å². The van der Waals surface area contributed by atoms with Gasteiger partial charge in [-0.2, -0.15) is 0 Å². The molecule has 0 fully saturated rings. The summed E-state index contributed by atoms with van der Waals surface area (Å²) in [5.74, 6) is 0.565. The first-order chi connectivity index (χ1) is 38.1. The van der Waals surface area contributed by atoms with Crippen molar-refractivity contribution in [1.29, 1.82) is 0 Å². The lowest BCUT2D eigenvalue weighted by molar-refractivity contribution is -0.148. The van der Waals surface area contributed by atoms with Gasteiger partial charge in [-0.15, -0.1) is 34.0 Å². The van der Waals surface area contributed by atoms with Crippen LogP contribution in [0, 0.1) is 0 Å². The lowest BCUT2D eigenvalue weighted by Crippen LogP contribution is -2.17. The summed E-state index contributed by atoms with van der Waals surface area (Å²) in [6.45, 7) is 2.38. The fourth-order valence-electron chi connectivity index (χ4n) is 8.74. The van der Waals surface area contributed by atoms with Gasteiger partial charge in [-0.05, 0) is 122 Å². The smallest absolute Gasteiger partial charge is 0.344 e. The number of hydrogen-bond acceptors (Lipinski definition) is 14. The molecule has 1 aliphatic rings. The van der Waals surface area contributed by atoms with Gasteiger partial charge in [0.15, 0.2) is 29.5 Å². The summed E-state index contributed by atoms with van der Waals surface area (Å²) in [6.07, 6.45) is 2.99. The maximum absolute atomic E-state index is 12.9. The van der Waals surface area contributed by atoms with Crippen LogP contribution in [-0.4, -0.2) is 45.0 Å². The van der Waals surface area contributed by atoms with E-state index in [9.17, 15) is 24.0 Å². The van der Waals surface area contributed by atoms with Crippen LogP contribution in [0.4, 0.5) is 0 Å². The van der Waals surface area contributed by atoms with Crippen LogP contribution in [0.5, 0.6) is 17.2 Å². The molecular weight excluding hydrogens is 1130 g/mol. The summed E-state index contributed by atoms with van der Waals surface area (Å²) in [5.41, 5.74) is 2.74. The first-order valence-corrected chi connectivity index (χ1v) is 28.9. The van der Waals surface area contributed by atoms with Gasteiger partial charge in [-0.1, -0.05) is 145 Å². The quantitative estimate of drug-likeness (QED) is 0.0586. The van der Waals surface area contributed by atoms with Gasteiger partial charge in [-0.25, -0.2) is 9.59 Å². The average molecular weight is 1190 g/mol. The zero-order valence-electron chi connectivity index (χ0n) is 42.1. The van der Waals surface area contributed by atoms with Crippen molar-refractivity contribution in [3.63, 3.8) is 0 Å². The highest BCUT2D eigenvalue weighted by molar-refractivity contribution is 7.99. The van der Waals surface area contributed by atoms with Crippen LogP contribution in [0.1, 0.15) is 67.0 Å². The van der Waals surface area contributed by atoms with E-state index < -0.39 is 11.9 Å². The average Bonchev–Trinajstić information content (AvgIpc) is 3.58. The summed E-state index contributed by atoms with van der Waals surface area (Å²) in [6, 6.07) is 53.6. The first kappa shape index (κ1) is 63.6. The first-order valence-electron chi connectivity index (χ1n) is 25.2. The summed E-state index contributed by atoms with van der Waals surface area (Å²) in [5, 5.41) is 4.14. The molecule has 0 amide bonds. The minimum atomic E-state index is -0.536. The van der Waals surface area contributed by atoms with Crippen molar-refractivity contribution in [2.45, 2.75) is 72.1 Å². The molecule has 15 heteroatoms. The molecule has 4 heterocycles. The number of rotatable bonds is 14. The Kier molecular flexibility index (Phi) is 23.2. The second kappa shape index (κ2) is 29.9. The van der Waals surface area contributed by atoms with E-state index in [1.807, 2.05) is 78.5 Å². The summed E-state index contributed by atoms with van der Waals surface area (Å²) in [7, 11) is 0. The number of carbonyl (C=O) groups excluding carboxylic acids is 2. The minimum absolute atomic E-state index is 0. The van der Waals surface area contributed by atoms with E-state index >= 15 is 0 Å². The van der Waals surface area contributed by atoms with Gasteiger partial charge in [-0.3, -0.25) is 14.4 Å². The Morgan fingerprint density at radius 3 is 1.32 bits per heavy atom. The van der Waals surface area contributed by atoms with Crippen LogP contribution in [-0.2, 0) is 25.5 Å². The number of hydrogen-bond donors (Lipinski definition) is 0. The lowest BCUT2D eigenvalue weighted by Gasteiger charge is -2.17. The maximum atomic E-state index is 12.9. The van der Waals surface area contributed by atoms with E-state index in [0.29, 0.717) is 77.7 Å². The molecule has 0 N–H and O–H groups in total. The fourth-order valence-corrected chi connectivity index (χ4v) is 13.6. The molecule has 1 aliphatic heterocycles. The largest absolute Gasteiger partial charge is 0.492 e. The molecule has 0 atom stereocenters. The lowest BCUT2D eigenvalue weighted by atomic mass is 10.0.